The maximum Gasteiger partial charge on any atom is 0.335 e. The number of rotatable bonds is 5. The summed E-state index contributed by atoms with van der Waals surface area (Å²) >= 11 is 0. The second-order valence-corrected chi connectivity index (χ2v) is 8.96. The molecular formula is C25H18N2O4S. The molecule has 0 spiro atoms. The van der Waals surface area contributed by atoms with E-state index in [1.807, 2.05) is 24.3 Å². The zero-order valence-corrected chi connectivity index (χ0v) is 17.8. The lowest BCUT2D eigenvalue weighted by molar-refractivity contribution is 0.0697. The molecule has 4 aromatic rings. The zero-order valence-electron chi connectivity index (χ0n) is 17.0. The van der Waals surface area contributed by atoms with Crippen LogP contribution in [0.4, 0.5) is 5.69 Å². The number of nitriles is 1. The van der Waals surface area contributed by atoms with E-state index in [2.05, 4.69) is 4.72 Å². The van der Waals surface area contributed by atoms with Gasteiger partial charge in [-0.25, -0.2) is 13.2 Å². The molecule has 0 aromatic heterocycles. The number of anilines is 1. The fourth-order valence-corrected chi connectivity index (χ4v) is 4.93. The Kier molecular flexibility index (Phi) is 5.39. The second-order valence-electron chi connectivity index (χ2n) is 7.31. The fraction of sp³-hybridized carbons (Fsp3) is 0.0400. The summed E-state index contributed by atoms with van der Waals surface area (Å²) in [6.45, 7) is 1.76. The van der Waals surface area contributed by atoms with Gasteiger partial charge < -0.3 is 5.11 Å². The number of hydrogen-bond donors (Lipinski definition) is 2. The van der Waals surface area contributed by atoms with Crippen molar-refractivity contribution in [2.75, 3.05) is 4.72 Å². The molecule has 0 saturated heterocycles. The van der Waals surface area contributed by atoms with Gasteiger partial charge in [-0.2, -0.15) is 5.26 Å². The number of hydrogen-bond acceptors (Lipinski definition) is 4. The zero-order chi connectivity index (χ0) is 22.9. The Bertz CT molecular complexity index is 1520. The predicted octanol–water partition coefficient (Wildman–Crippen LogP) is 5.19. The van der Waals surface area contributed by atoms with E-state index in [0.717, 1.165) is 16.5 Å². The average Bonchev–Trinajstić information content (AvgIpc) is 2.79. The Balaban J connectivity index is 1.84. The minimum absolute atomic E-state index is 0.0644. The van der Waals surface area contributed by atoms with Crippen LogP contribution in [0.2, 0.25) is 0 Å². The van der Waals surface area contributed by atoms with E-state index in [9.17, 15) is 23.6 Å². The second kappa shape index (κ2) is 8.17. The van der Waals surface area contributed by atoms with Crippen LogP contribution >= 0.6 is 0 Å². The van der Waals surface area contributed by atoms with E-state index in [0.29, 0.717) is 16.6 Å². The molecular weight excluding hydrogens is 424 g/mol. The molecule has 0 amide bonds. The van der Waals surface area contributed by atoms with E-state index in [-0.39, 0.29) is 16.0 Å². The van der Waals surface area contributed by atoms with Crippen molar-refractivity contribution in [1.82, 2.24) is 0 Å². The third-order valence-electron chi connectivity index (χ3n) is 5.14. The molecule has 0 radical (unpaired) electrons. The van der Waals surface area contributed by atoms with Gasteiger partial charge in [0.2, 0.25) is 0 Å². The summed E-state index contributed by atoms with van der Waals surface area (Å²) in [5, 5.41) is 20.1. The Morgan fingerprint density at radius 1 is 0.938 bits per heavy atom. The first-order chi connectivity index (χ1) is 15.3. The van der Waals surface area contributed by atoms with Gasteiger partial charge >= 0.3 is 5.97 Å². The quantitative estimate of drug-likeness (QED) is 0.442. The first kappa shape index (κ1) is 21.1. The van der Waals surface area contributed by atoms with Gasteiger partial charge in [0.1, 0.15) is 11.0 Å². The molecule has 0 unspecified atom stereocenters. The van der Waals surface area contributed by atoms with Crippen LogP contribution in [0, 0.1) is 18.3 Å². The lowest BCUT2D eigenvalue weighted by Crippen LogP contribution is -2.15. The third kappa shape index (κ3) is 3.92. The number of aromatic carboxylic acids is 1. The number of benzene rings is 4. The van der Waals surface area contributed by atoms with Crippen LogP contribution in [0.1, 0.15) is 21.5 Å². The van der Waals surface area contributed by atoms with Gasteiger partial charge in [0.05, 0.1) is 16.8 Å². The fourth-order valence-electron chi connectivity index (χ4n) is 3.60. The molecule has 0 heterocycles. The van der Waals surface area contributed by atoms with Gasteiger partial charge in [0.15, 0.2) is 0 Å². The highest BCUT2D eigenvalue weighted by atomic mass is 32.2. The number of aryl methyl sites for hydroxylation is 1. The van der Waals surface area contributed by atoms with Crippen molar-refractivity contribution in [3.63, 3.8) is 0 Å². The Hall–Kier alpha value is -4.15. The normalized spacial score (nSPS) is 11.1. The number of sulfonamides is 1. The van der Waals surface area contributed by atoms with Crippen LogP contribution in [0.3, 0.4) is 0 Å². The van der Waals surface area contributed by atoms with Gasteiger partial charge in [0.25, 0.3) is 10.0 Å². The predicted molar refractivity (Wildman–Crippen MR) is 123 cm³/mol. The lowest BCUT2D eigenvalue weighted by atomic mass is 9.96. The molecule has 0 bridgehead atoms. The van der Waals surface area contributed by atoms with Crippen LogP contribution in [-0.4, -0.2) is 19.5 Å². The summed E-state index contributed by atoms with van der Waals surface area (Å²) in [5.74, 6) is -1.02. The molecule has 32 heavy (non-hydrogen) atoms. The molecule has 0 aliphatic heterocycles. The molecule has 4 rings (SSSR count). The summed E-state index contributed by atoms with van der Waals surface area (Å²) in [7, 11) is -4.02. The molecule has 158 valence electrons. The van der Waals surface area contributed by atoms with Gasteiger partial charge in [-0.15, -0.1) is 0 Å². The molecule has 0 fully saturated rings. The van der Waals surface area contributed by atoms with E-state index in [4.69, 9.17) is 0 Å². The molecule has 0 atom stereocenters. The molecule has 4 aromatic carbocycles. The maximum atomic E-state index is 13.1. The molecule has 6 nitrogen and oxygen atoms in total. The minimum Gasteiger partial charge on any atom is -0.478 e. The first-order valence-electron chi connectivity index (χ1n) is 9.69. The van der Waals surface area contributed by atoms with Crippen molar-refractivity contribution in [3.05, 3.63) is 95.6 Å². The minimum atomic E-state index is -4.02. The molecule has 2 N–H and O–H groups in total. The Labute approximate surface area is 185 Å². The lowest BCUT2D eigenvalue weighted by Gasteiger charge is -2.15. The van der Waals surface area contributed by atoms with Crippen LogP contribution < -0.4 is 4.72 Å². The van der Waals surface area contributed by atoms with Crippen LogP contribution in [0.5, 0.6) is 0 Å². The summed E-state index contributed by atoms with van der Waals surface area (Å²) in [4.78, 5) is 11.3. The standard InChI is InChI=1S/C25H18N2O4S/c1-16-9-10-19(15-26)24(13-16)32(30,31)27-23-12-11-20(21-7-2-3-8-22(21)23)17-5-4-6-18(14-17)25(28)29/h2-14,27H,1H3,(H,28,29). The van der Waals surface area contributed by atoms with Crippen LogP contribution in [-0.2, 0) is 10.0 Å². The molecule has 0 aliphatic carbocycles. The maximum absolute atomic E-state index is 13.1. The van der Waals surface area contributed by atoms with Gasteiger partial charge in [-0.1, -0.05) is 48.5 Å². The number of fused-ring (bicyclic) bond motifs is 1. The van der Waals surface area contributed by atoms with Crippen molar-refractivity contribution >= 4 is 32.5 Å². The van der Waals surface area contributed by atoms with Gasteiger partial charge in [0, 0.05) is 5.39 Å². The summed E-state index contributed by atoms with van der Waals surface area (Å²) in [6.07, 6.45) is 0. The number of nitrogens with one attached hydrogen (secondary N) is 1. The molecule has 7 heteroatoms. The highest BCUT2D eigenvalue weighted by Gasteiger charge is 2.21. The summed E-state index contributed by atoms with van der Waals surface area (Å²) in [5.41, 5.74) is 2.81. The van der Waals surface area contributed by atoms with Crippen molar-refractivity contribution < 1.29 is 18.3 Å². The summed E-state index contributed by atoms with van der Waals surface area (Å²) < 4.78 is 28.9. The van der Waals surface area contributed by atoms with Gasteiger partial charge in [-0.05, 0) is 59.3 Å². The van der Waals surface area contributed by atoms with E-state index in [1.54, 1.807) is 49.4 Å². The average molecular weight is 442 g/mol. The Morgan fingerprint density at radius 3 is 2.41 bits per heavy atom. The smallest absolute Gasteiger partial charge is 0.335 e. The van der Waals surface area contributed by atoms with E-state index in [1.165, 1.54) is 18.2 Å². The largest absolute Gasteiger partial charge is 0.478 e. The van der Waals surface area contributed by atoms with Gasteiger partial charge in [-0.3, -0.25) is 4.72 Å². The highest BCUT2D eigenvalue weighted by molar-refractivity contribution is 7.92. The number of carboxylic acids is 1. The summed E-state index contributed by atoms with van der Waals surface area (Å²) in [6, 6.07) is 23.8. The number of nitrogens with zero attached hydrogens (tertiary/aromatic N) is 1. The topological polar surface area (TPSA) is 107 Å². The molecule has 0 aliphatic rings. The van der Waals surface area contributed by atoms with E-state index >= 15 is 0 Å². The first-order valence-corrected chi connectivity index (χ1v) is 11.2. The highest BCUT2D eigenvalue weighted by Crippen LogP contribution is 2.35. The Morgan fingerprint density at radius 2 is 1.69 bits per heavy atom. The van der Waals surface area contributed by atoms with Crippen molar-refractivity contribution in [3.8, 4) is 17.2 Å². The third-order valence-corrected chi connectivity index (χ3v) is 6.54. The SMILES string of the molecule is Cc1ccc(C#N)c(S(=O)(=O)Nc2ccc(-c3cccc(C(=O)O)c3)c3ccccc23)c1. The number of carbonyl (C=O) groups is 1. The van der Waals surface area contributed by atoms with Crippen molar-refractivity contribution in [2.45, 2.75) is 11.8 Å². The number of carboxylic acid groups (broad SMARTS) is 1. The monoisotopic (exact) mass is 442 g/mol. The van der Waals surface area contributed by atoms with E-state index < -0.39 is 16.0 Å². The van der Waals surface area contributed by atoms with Crippen molar-refractivity contribution in [2.24, 2.45) is 0 Å². The van der Waals surface area contributed by atoms with Crippen molar-refractivity contribution in [1.29, 1.82) is 5.26 Å². The molecule has 0 saturated carbocycles. The van der Waals surface area contributed by atoms with Crippen LogP contribution in [0.25, 0.3) is 21.9 Å². The van der Waals surface area contributed by atoms with Crippen LogP contribution in [0.15, 0.2) is 83.8 Å².